The highest BCUT2D eigenvalue weighted by Gasteiger charge is 2.29. The zero-order valence-corrected chi connectivity index (χ0v) is 17.6. The summed E-state index contributed by atoms with van der Waals surface area (Å²) >= 11 is 0. The highest BCUT2D eigenvalue weighted by atomic mass is 16.2. The first kappa shape index (κ1) is 19.9. The minimum atomic E-state index is 0.125. The van der Waals surface area contributed by atoms with E-state index in [-0.39, 0.29) is 11.8 Å². The molecule has 1 aromatic heterocycles. The van der Waals surface area contributed by atoms with Crippen LogP contribution >= 0.6 is 0 Å². The van der Waals surface area contributed by atoms with Crippen LogP contribution in [0.4, 0.5) is 5.82 Å². The van der Waals surface area contributed by atoms with Gasteiger partial charge in [-0.25, -0.2) is 0 Å². The fourth-order valence-corrected chi connectivity index (χ4v) is 4.70. The molecule has 2 atom stereocenters. The van der Waals surface area contributed by atoms with Crippen LogP contribution in [0.3, 0.4) is 0 Å². The number of anilines is 1. The lowest BCUT2D eigenvalue weighted by Crippen LogP contribution is -2.46. The number of carbonyl (C=O) groups is 1. The molecule has 1 amide bonds. The summed E-state index contributed by atoms with van der Waals surface area (Å²) in [6.45, 7) is 6.08. The second-order valence-electron chi connectivity index (χ2n) is 8.73. The molecular weight excluding hydrogens is 360 g/mol. The van der Waals surface area contributed by atoms with Crippen LogP contribution in [-0.4, -0.2) is 35.2 Å². The molecule has 2 unspecified atom stereocenters. The molecule has 0 spiro atoms. The minimum Gasteiger partial charge on any atom is -0.355 e. The predicted octanol–water partition coefficient (Wildman–Crippen LogP) is 4.36. The Hall–Kier alpha value is -2.43. The van der Waals surface area contributed by atoms with Gasteiger partial charge in [0.25, 0.3) is 0 Å². The molecule has 1 aromatic carbocycles. The van der Waals surface area contributed by atoms with E-state index in [1.807, 2.05) is 18.2 Å². The molecule has 1 N–H and O–H groups in total. The number of benzene rings is 1. The van der Waals surface area contributed by atoms with Gasteiger partial charge in [0.1, 0.15) is 0 Å². The van der Waals surface area contributed by atoms with Gasteiger partial charge in [0.2, 0.25) is 5.91 Å². The lowest BCUT2D eigenvalue weighted by molar-refractivity contribution is -0.126. The Bertz CT molecular complexity index is 827. The molecule has 2 fully saturated rings. The van der Waals surface area contributed by atoms with Crippen molar-refractivity contribution in [1.82, 2.24) is 15.5 Å². The zero-order valence-electron chi connectivity index (χ0n) is 17.6. The number of carbonyl (C=O) groups excluding carboxylic acids is 1. The molecule has 2 aromatic rings. The van der Waals surface area contributed by atoms with Crippen molar-refractivity contribution < 1.29 is 4.79 Å². The second kappa shape index (κ2) is 8.93. The predicted molar refractivity (Wildman–Crippen MR) is 117 cm³/mol. The Morgan fingerprint density at radius 3 is 2.45 bits per heavy atom. The van der Waals surface area contributed by atoms with Gasteiger partial charge in [-0.15, -0.1) is 10.2 Å². The van der Waals surface area contributed by atoms with Crippen LogP contribution in [0, 0.1) is 18.8 Å². The molecule has 29 heavy (non-hydrogen) atoms. The third-order valence-electron chi connectivity index (χ3n) is 6.70. The van der Waals surface area contributed by atoms with E-state index in [4.69, 9.17) is 0 Å². The number of amides is 1. The maximum atomic E-state index is 12.7. The Balaban J connectivity index is 1.32. The van der Waals surface area contributed by atoms with E-state index in [1.54, 1.807) is 0 Å². The molecule has 2 aliphatic rings. The fraction of sp³-hybridized carbons (Fsp3) is 0.542. The molecule has 5 nitrogen and oxygen atoms in total. The van der Waals surface area contributed by atoms with Gasteiger partial charge in [0, 0.05) is 30.6 Å². The molecule has 1 aliphatic heterocycles. The van der Waals surface area contributed by atoms with Crippen LogP contribution in [0.1, 0.15) is 51.0 Å². The Labute approximate surface area is 173 Å². The molecule has 1 saturated carbocycles. The number of hydrogen-bond donors (Lipinski definition) is 1. The van der Waals surface area contributed by atoms with Gasteiger partial charge in [0.05, 0.1) is 5.69 Å². The van der Waals surface area contributed by atoms with Crippen molar-refractivity contribution in [2.45, 2.75) is 58.4 Å². The van der Waals surface area contributed by atoms with Crippen molar-refractivity contribution in [3.8, 4) is 11.3 Å². The third kappa shape index (κ3) is 4.60. The quantitative estimate of drug-likeness (QED) is 0.840. The summed E-state index contributed by atoms with van der Waals surface area (Å²) in [6, 6.07) is 12.7. The lowest BCUT2D eigenvalue weighted by Gasteiger charge is -2.34. The van der Waals surface area contributed by atoms with E-state index >= 15 is 0 Å². The Kier molecular flexibility index (Phi) is 6.12. The summed E-state index contributed by atoms with van der Waals surface area (Å²) in [5.74, 6) is 1.89. The number of nitrogens with one attached hydrogen (secondary N) is 1. The Morgan fingerprint density at radius 1 is 1.00 bits per heavy atom. The number of aromatic nitrogens is 2. The topological polar surface area (TPSA) is 58.1 Å². The SMILES string of the molecule is Cc1ccccc1-c1ccc(N2CCC(C(=O)NC3CCCCC3C)CC2)nn1. The number of aryl methyl sites for hydroxylation is 1. The summed E-state index contributed by atoms with van der Waals surface area (Å²) in [7, 11) is 0. The average Bonchev–Trinajstić information content (AvgIpc) is 2.76. The van der Waals surface area contributed by atoms with Crippen molar-refractivity contribution >= 4 is 11.7 Å². The summed E-state index contributed by atoms with van der Waals surface area (Å²) in [6.07, 6.45) is 6.68. The molecule has 1 aliphatic carbocycles. The maximum absolute atomic E-state index is 12.7. The normalized spacial score (nSPS) is 23.0. The number of rotatable bonds is 4. The van der Waals surface area contributed by atoms with Crippen molar-refractivity contribution in [3.05, 3.63) is 42.0 Å². The zero-order chi connectivity index (χ0) is 20.2. The van der Waals surface area contributed by atoms with E-state index in [9.17, 15) is 4.79 Å². The van der Waals surface area contributed by atoms with E-state index in [0.717, 1.165) is 49.4 Å². The first-order chi connectivity index (χ1) is 14.1. The molecule has 0 radical (unpaired) electrons. The van der Waals surface area contributed by atoms with E-state index in [2.05, 4.69) is 52.5 Å². The van der Waals surface area contributed by atoms with E-state index in [1.165, 1.54) is 24.8 Å². The van der Waals surface area contributed by atoms with Crippen molar-refractivity contribution in [2.75, 3.05) is 18.0 Å². The Morgan fingerprint density at radius 2 is 1.76 bits per heavy atom. The molecule has 1 saturated heterocycles. The third-order valence-corrected chi connectivity index (χ3v) is 6.70. The van der Waals surface area contributed by atoms with Crippen molar-refractivity contribution in [1.29, 1.82) is 0 Å². The van der Waals surface area contributed by atoms with Gasteiger partial charge in [-0.2, -0.15) is 0 Å². The summed E-state index contributed by atoms with van der Waals surface area (Å²) in [5.41, 5.74) is 3.23. The van der Waals surface area contributed by atoms with Crippen LogP contribution < -0.4 is 10.2 Å². The highest BCUT2D eigenvalue weighted by Crippen LogP contribution is 2.27. The number of nitrogens with zero attached hydrogens (tertiary/aromatic N) is 3. The van der Waals surface area contributed by atoms with Crippen LogP contribution in [0.15, 0.2) is 36.4 Å². The van der Waals surface area contributed by atoms with Crippen LogP contribution in [0.5, 0.6) is 0 Å². The van der Waals surface area contributed by atoms with Gasteiger partial charge in [-0.05, 0) is 56.2 Å². The average molecular weight is 393 g/mol. The van der Waals surface area contributed by atoms with Gasteiger partial charge < -0.3 is 10.2 Å². The standard InChI is InChI=1S/C24H32N4O/c1-17-7-3-5-9-20(17)22-11-12-23(27-26-22)28-15-13-19(14-16-28)24(29)25-21-10-6-4-8-18(21)2/h3,5,7,9,11-12,18-19,21H,4,6,8,10,13-16H2,1-2H3,(H,25,29). The summed E-state index contributed by atoms with van der Waals surface area (Å²) < 4.78 is 0. The van der Waals surface area contributed by atoms with Crippen LogP contribution in [-0.2, 0) is 4.79 Å². The number of piperidine rings is 1. The van der Waals surface area contributed by atoms with E-state index in [0.29, 0.717) is 12.0 Å². The van der Waals surface area contributed by atoms with Gasteiger partial charge in [-0.1, -0.05) is 44.0 Å². The van der Waals surface area contributed by atoms with Gasteiger partial charge >= 0.3 is 0 Å². The maximum Gasteiger partial charge on any atom is 0.223 e. The summed E-state index contributed by atoms with van der Waals surface area (Å²) in [4.78, 5) is 15.0. The molecule has 154 valence electrons. The highest BCUT2D eigenvalue weighted by molar-refractivity contribution is 5.79. The fourth-order valence-electron chi connectivity index (χ4n) is 4.70. The molecular formula is C24H32N4O. The first-order valence-electron chi connectivity index (χ1n) is 11.1. The van der Waals surface area contributed by atoms with Crippen molar-refractivity contribution in [3.63, 3.8) is 0 Å². The molecule has 4 rings (SSSR count). The lowest BCUT2D eigenvalue weighted by atomic mass is 9.85. The smallest absolute Gasteiger partial charge is 0.223 e. The molecule has 2 heterocycles. The van der Waals surface area contributed by atoms with Gasteiger partial charge in [0.15, 0.2) is 5.82 Å². The van der Waals surface area contributed by atoms with Crippen molar-refractivity contribution in [2.24, 2.45) is 11.8 Å². The minimum absolute atomic E-state index is 0.125. The summed E-state index contributed by atoms with van der Waals surface area (Å²) in [5, 5.41) is 12.3. The largest absolute Gasteiger partial charge is 0.355 e. The molecule has 0 bridgehead atoms. The first-order valence-corrected chi connectivity index (χ1v) is 11.1. The van der Waals surface area contributed by atoms with E-state index < -0.39 is 0 Å². The molecule has 5 heteroatoms. The second-order valence-corrected chi connectivity index (χ2v) is 8.73. The van der Waals surface area contributed by atoms with Gasteiger partial charge in [-0.3, -0.25) is 4.79 Å². The van der Waals surface area contributed by atoms with Crippen LogP contribution in [0.25, 0.3) is 11.3 Å². The van der Waals surface area contributed by atoms with Crippen LogP contribution in [0.2, 0.25) is 0 Å². The monoisotopic (exact) mass is 392 g/mol. The number of hydrogen-bond acceptors (Lipinski definition) is 4.